The van der Waals surface area contributed by atoms with Gasteiger partial charge in [0.25, 0.3) is 10.0 Å². The van der Waals surface area contributed by atoms with Crippen molar-refractivity contribution in [2.75, 3.05) is 10.0 Å². The molecule has 0 aromatic heterocycles. The Morgan fingerprint density at radius 1 is 1.08 bits per heavy atom. The molecule has 0 saturated heterocycles. The quantitative estimate of drug-likeness (QED) is 0.872. The first kappa shape index (κ1) is 17.5. The molecule has 0 saturated carbocycles. The topological polar surface area (TPSA) is 99.1 Å². The van der Waals surface area contributed by atoms with Crippen LogP contribution in [0.1, 0.15) is 17.5 Å². The lowest BCUT2D eigenvalue weighted by atomic mass is 10.1. The zero-order chi connectivity index (χ0) is 17.7. The standard InChI is InChI=1S/C17H17N3O3S/c1-12-4-3-5-13(2)17(12)20-24(22,23)15-8-6-14(7-9-15)19-16(21)10-11-18/h3-9,20H,10H2,1-2H3,(H,19,21). The minimum absolute atomic E-state index is 0.0865. The monoisotopic (exact) mass is 343 g/mol. The van der Waals surface area contributed by atoms with Gasteiger partial charge in [-0.25, -0.2) is 8.42 Å². The molecule has 2 rings (SSSR count). The van der Waals surface area contributed by atoms with Crippen LogP contribution in [0.15, 0.2) is 47.4 Å². The summed E-state index contributed by atoms with van der Waals surface area (Å²) in [5.74, 6) is -0.443. The van der Waals surface area contributed by atoms with E-state index in [0.717, 1.165) is 11.1 Å². The molecule has 1 amide bonds. The molecule has 0 aliphatic rings. The number of carbonyl (C=O) groups excluding carboxylic acids is 1. The van der Waals surface area contributed by atoms with Gasteiger partial charge < -0.3 is 5.32 Å². The number of anilines is 2. The van der Waals surface area contributed by atoms with Gasteiger partial charge in [0.2, 0.25) is 5.91 Å². The third-order valence-corrected chi connectivity index (χ3v) is 4.77. The molecule has 0 unspecified atom stereocenters. The van der Waals surface area contributed by atoms with Gasteiger partial charge in [-0.2, -0.15) is 5.26 Å². The van der Waals surface area contributed by atoms with E-state index in [-0.39, 0.29) is 11.3 Å². The van der Waals surface area contributed by atoms with Crippen molar-refractivity contribution in [2.45, 2.75) is 25.2 Å². The van der Waals surface area contributed by atoms with Crippen molar-refractivity contribution in [3.8, 4) is 6.07 Å². The van der Waals surface area contributed by atoms with Crippen molar-refractivity contribution in [3.63, 3.8) is 0 Å². The van der Waals surface area contributed by atoms with Crippen LogP contribution < -0.4 is 10.0 Å². The average molecular weight is 343 g/mol. The summed E-state index contributed by atoms with van der Waals surface area (Å²) in [5, 5.41) is 11.0. The second-order valence-corrected chi connectivity index (χ2v) is 6.96. The van der Waals surface area contributed by atoms with Gasteiger partial charge in [-0.15, -0.1) is 0 Å². The van der Waals surface area contributed by atoms with E-state index < -0.39 is 15.9 Å². The van der Waals surface area contributed by atoms with Crippen LogP contribution in [0.5, 0.6) is 0 Å². The molecular formula is C17H17N3O3S. The number of rotatable bonds is 5. The van der Waals surface area contributed by atoms with Crippen molar-refractivity contribution in [3.05, 3.63) is 53.6 Å². The zero-order valence-electron chi connectivity index (χ0n) is 13.3. The summed E-state index contributed by atoms with van der Waals surface area (Å²) in [5.41, 5.74) is 2.66. The minimum atomic E-state index is -3.73. The van der Waals surface area contributed by atoms with Crippen molar-refractivity contribution in [1.29, 1.82) is 5.26 Å². The molecule has 2 N–H and O–H groups in total. The van der Waals surface area contributed by atoms with E-state index in [1.807, 2.05) is 32.0 Å². The van der Waals surface area contributed by atoms with Gasteiger partial charge in [0.1, 0.15) is 6.42 Å². The van der Waals surface area contributed by atoms with Crippen molar-refractivity contribution >= 4 is 27.3 Å². The molecule has 0 atom stereocenters. The van der Waals surface area contributed by atoms with E-state index in [9.17, 15) is 13.2 Å². The Morgan fingerprint density at radius 2 is 1.67 bits per heavy atom. The summed E-state index contributed by atoms with van der Waals surface area (Å²) < 4.78 is 27.6. The number of nitriles is 1. The van der Waals surface area contributed by atoms with Crippen LogP contribution in [-0.4, -0.2) is 14.3 Å². The Kier molecular flexibility index (Phi) is 5.21. The molecule has 0 radical (unpaired) electrons. The maximum absolute atomic E-state index is 12.5. The zero-order valence-corrected chi connectivity index (χ0v) is 14.1. The Bertz CT molecular complexity index is 877. The van der Waals surface area contributed by atoms with Crippen LogP contribution in [0.25, 0.3) is 0 Å². The molecule has 7 heteroatoms. The first-order valence-corrected chi connectivity index (χ1v) is 8.67. The van der Waals surface area contributed by atoms with Gasteiger partial charge in [0.15, 0.2) is 0 Å². The molecular weight excluding hydrogens is 326 g/mol. The largest absolute Gasteiger partial charge is 0.325 e. The molecule has 2 aromatic carbocycles. The van der Waals surface area contributed by atoms with E-state index in [0.29, 0.717) is 11.4 Å². The lowest BCUT2D eigenvalue weighted by Crippen LogP contribution is -2.15. The fourth-order valence-corrected chi connectivity index (χ4v) is 3.37. The van der Waals surface area contributed by atoms with Crippen LogP contribution in [0.3, 0.4) is 0 Å². The van der Waals surface area contributed by atoms with E-state index in [4.69, 9.17) is 5.26 Å². The summed E-state index contributed by atoms with van der Waals surface area (Å²) >= 11 is 0. The second kappa shape index (κ2) is 7.15. The molecule has 0 fully saturated rings. The predicted octanol–water partition coefficient (Wildman–Crippen LogP) is 2.96. The average Bonchev–Trinajstić information content (AvgIpc) is 2.52. The Morgan fingerprint density at radius 3 is 2.21 bits per heavy atom. The number of benzene rings is 2. The van der Waals surface area contributed by atoms with Gasteiger partial charge in [0, 0.05) is 5.69 Å². The van der Waals surface area contributed by atoms with Crippen LogP contribution in [0.2, 0.25) is 0 Å². The molecule has 0 heterocycles. The SMILES string of the molecule is Cc1cccc(C)c1NS(=O)(=O)c1ccc(NC(=O)CC#N)cc1. The van der Waals surface area contributed by atoms with E-state index in [2.05, 4.69) is 10.0 Å². The summed E-state index contributed by atoms with van der Waals surface area (Å²) in [4.78, 5) is 11.4. The third kappa shape index (κ3) is 4.12. The van der Waals surface area contributed by atoms with Gasteiger partial charge in [0.05, 0.1) is 16.7 Å². The Balaban J connectivity index is 2.21. The fraction of sp³-hybridized carbons (Fsp3) is 0.176. The summed E-state index contributed by atoms with van der Waals surface area (Å²) in [7, 11) is -3.73. The fourth-order valence-electron chi connectivity index (χ4n) is 2.16. The molecule has 6 nitrogen and oxygen atoms in total. The van der Waals surface area contributed by atoms with E-state index in [1.165, 1.54) is 24.3 Å². The molecule has 0 spiro atoms. The lowest BCUT2D eigenvalue weighted by molar-refractivity contribution is -0.115. The smallest absolute Gasteiger partial charge is 0.261 e. The summed E-state index contributed by atoms with van der Waals surface area (Å²) in [6.07, 6.45) is -0.256. The normalized spacial score (nSPS) is 10.7. The van der Waals surface area contributed by atoms with Crippen LogP contribution >= 0.6 is 0 Å². The highest BCUT2D eigenvalue weighted by molar-refractivity contribution is 7.92. The molecule has 0 aliphatic carbocycles. The first-order chi connectivity index (χ1) is 11.3. The first-order valence-electron chi connectivity index (χ1n) is 7.19. The maximum atomic E-state index is 12.5. The highest BCUT2D eigenvalue weighted by Gasteiger charge is 2.16. The second-order valence-electron chi connectivity index (χ2n) is 5.28. The number of hydrogen-bond donors (Lipinski definition) is 2. The lowest BCUT2D eigenvalue weighted by Gasteiger charge is -2.13. The van der Waals surface area contributed by atoms with Gasteiger partial charge in [-0.1, -0.05) is 18.2 Å². The van der Waals surface area contributed by atoms with Gasteiger partial charge in [-0.3, -0.25) is 9.52 Å². The van der Waals surface area contributed by atoms with E-state index >= 15 is 0 Å². The van der Waals surface area contributed by atoms with Crippen molar-refractivity contribution < 1.29 is 13.2 Å². The molecule has 0 bridgehead atoms. The minimum Gasteiger partial charge on any atom is -0.325 e. The number of nitrogens with zero attached hydrogens (tertiary/aromatic N) is 1. The molecule has 0 aliphatic heterocycles. The maximum Gasteiger partial charge on any atom is 0.261 e. The third-order valence-electron chi connectivity index (χ3n) is 3.41. The summed E-state index contributed by atoms with van der Waals surface area (Å²) in [6.45, 7) is 3.66. The summed E-state index contributed by atoms with van der Waals surface area (Å²) in [6, 6.07) is 13.0. The Hall–Kier alpha value is -2.85. The number of nitrogens with one attached hydrogen (secondary N) is 2. The van der Waals surface area contributed by atoms with Crippen molar-refractivity contribution in [2.24, 2.45) is 0 Å². The van der Waals surface area contributed by atoms with Crippen LogP contribution in [0.4, 0.5) is 11.4 Å². The van der Waals surface area contributed by atoms with E-state index in [1.54, 1.807) is 6.07 Å². The molecule has 24 heavy (non-hydrogen) atoms. The predicted molar refractivity (Wildman–Crippen MR) is 92.0 cm³/mol. The number of aryl methyl sites for hydroxylation is 2. The number of amides is 1. The van der Waals surface area contributed by atoms with Crippen molar-refractivity contribution in [1.82, 2.24) is 0 Å². The number of para-hydroxylation sites is 1. The number of hydrogen-bond acceptors (Lipinski definition) is 4. The number of sulfonamides is 1. The van der Waals surface area contributed by atoms with Crippen LogP contribution in [0, 0.1) is 25.2 Å². The van der Waals surface area contributed by atoms with Crippen LogP contribution in [-0.2, 0) is 14.8 Å². The van der Waals surface area contributed by atoms with Gasteiger partial charge >= 0.3 is 0 Å². The van der Waals surface area contributed by atoms with Gasteiger partial charge in [-0.05, 0) is 49.2 Å². The Labute approximate surface area is 141 Å². The number of carbonyl (C=O) groups is 1. The highest BCUT2D eigenvalue weighted by atomic mass is 32.2. The molecule has 124 valence electrons. The highest BCUT2D eigenvalue weighted by Crippen LogP contribution is 2.24. The molecule has 2 aromatic rings.